The summed E-state index contributed by atoms with van der Waals surface area (Å²) in [7, 11) is 0. The van der Waals surface area contributed by atoms with Crippen LogP contribution < -0.4 is 11.3 Å². The van der Waals surface area contributed by atoms with Crippen LogP contribution in [0.1, 0.15) is 31.0 Å². The predicted octanol–water partition coefficient (Wildman–Crippen LogP) is 1.05. The van der Waals surface area contributed by atoms with Crippen molar-refractivity contribution in [2.24, 2.45) is 0 Å². The Morgan fingerprint density at radius 2 is 2.18 bits per heavy atom. The van der Waals surface area contributed by atoms with Gasteiger partial charge in [-0.1, -0.05) is 12.2 Å². The van der Waals surface area contributed by atoms with Crippen LogP contribution in [-0.2, 0) is 0 Å². The summed E-state index contributed by atoms with van der Waals surface area (Å²) in [4.78, 5) is 25.5. The van der Waals surface area contributed by atoms with Crippen LogP contribution in [-0.4, -0.2) is 19.9 Å². The van der Waals surface area contributed by atoms with Crippen LogP contribution in [0.3, 0.4) is 0 Å². The molecule has 1 aliphatic rings. The van der Waals surface area contributed by atoms with Crippen molar-refractivity contribution in [3.05, 3.63) is 28.3 Å². The van der Waals surface area contributed by atoms with E-state index >= 15 is 0 Å². The van der Waals surface area contributed by atoms with E-state index in [9.17, 15) is 4.79 Å². The van der Waals surface area contributed by atoms with Crippen LogP contribution in [0.15, 0.2) is 16.9 Å². The number of aromatic nitrogens is 4. The second-order valence-electron chi connectivity index (χ2n) is 4.25. The molecule has 1 unspecified atom stereocenters. The minimum atomic E-state index is -0.266. The molecule has 6 heteroatoms. The van der Waals surface area contributed by atoms with Crippen molar-refractivity contribution >= 4 is 17.1 Å². The van der Waals surface area contributed by atoms with Gasteiger partial charge in [-0.2, -0.15) is 4.98 Å². The van der Waals surface area contributed by atoms with Crippen molar-refractivity contribution in [2.45, 2.75) is 25.2 Å². The van der Waals surface area contributed by atoms with Crippen molar-refractivity contribution in [3.63, 3.8) is 0 Å². The molecule has 3 rings (SSSR count). The third-order valence-electron chi connectivity index (χ3n) is 3.05. The summed E-state index contributed by atoms with van der Waals surface area (Å²) in [6.07, 6.45) is 7.36. The second kappa shape index (κ2) is 3.73. The number of fused-ring (bicyclic) bond motifs is 1. The van der Waals surface area contributed by atoms with Crippen molar-refractivity contribution in [1.82, 2.24) is 19.9 Å². The number of anilines is 1. The van der Waals surface area contributed by atoms with E-state index in [4.69, 9.17) is 5.73 Å². The quantitative estimate of drug-likeness (QED) is 0.638. The lowest BCUT2D eigenvalue weighted by atomic mass is 9.94. The van der Waals surface area contributed by atoms with Crippen molar-refractivity contribution in [1.29, 1.82) is 0 Å². The zero-order valence-corrected chi connectivity index (χ0v) is 9.23. The number of rotatable bonds is 1. The zero-order chi connectivity index (χ0) is 11.8. The molecule has 0 aromatic carbocycles. The SMILES string of the molecule is Nc1nc2nc(C3CC=CCC3)[nH]c2c(=O)[nH]1. The smallest absolute Gasteiger partial charge is 0.278 e. The molecule has 0 spiro atoms. The molecule has 2 aromatic rings. The van der Waals surface area contributed by atoms with Crippen LogP contribution in [0.25, 0.3) is 11.2 Å². The number of hydrogen-bond donors (Lipinski definition) is 3. The molecule has 4 N–H and O–H groups in total. The Morgan fingerprint density at radius 3 is 2.94 bits per heavy atom. The molecular weight excluding hydrogens is 218 g/mol. The summed E-state index contributed by atoms with van der Waals surface area (Å²) in [5.74, 6) is 1.27. The lowest BCUT2D eigenvalue weighted by Gasteiger charge is -2.14. The molecule has 6 nitrogen and oxygen atoms in total. The van der Waals surface area contributed by atoms with Gasteiger partial charge < -0.3 is 10.7 Å². The van der Waals surface area contributed by atoms with Crippen LogP contribution in [0, 0.1) is 0 Å². The van der Waals surface area contributed by atoms with E-state index in [-0.39, 0.29) is 11.5 Å². The summed E-state index contributed by atoms with van der Waals surface area (Å²) in [6.45, 7) is 0. The zero-order valence-electron chi connectivity index (χ0n) is 9.23. The van der Waals surface area contributed by atoms with Gasteiger partial charge >= 0.3 is 0 Å². The van der Waals surface area contributed by atoms with Gasteiger partial charge in [-0.15, -0.1) is 0 Å². The van der Waals surface area contributed by atoms with Gasteiger partial charge in [-0.05, 0) is 19.3 Å². The number of nitrogen functional groups attached to an aromatic ring is 1. The van der Waals surface area contributed by atoms with Crippen molar-refractivity contribution < 1.29 is 0 Å². The Balaban J connectivity index is 2.10. The maximum Gasteiger partial charge on any atom is 0.278 e. The van der Waals surface area contributed by atoms with Crippen LogP contribution in [0.4, 0.5) is 5.95 Å². The van der Waals surface area contributed by atoms with E-state index in [0.29, 0.717) is 17.1 Å². The van der Waals surface area contributed by atoms with E-state index in [1.807, 2.05) is 0 Å². The van der Waals surface area contributed by atoms with E-state index in [1.54, 1.807) is 0 Å². The van der Waals surface area contributed by atoms with Gasteiger partial charge in [-0.25, -0.2) is 4.98 Å². The Bertz CT molecular complexity index is 639. The summed E-state index contributed by atoms with van der Waals surface area (Å²) >= 11 is 0. The predicted molar refractivity (Wildman–Crippen MR) is 64.7 cm³/mol. The van der Waals surface area contributed by atoms with Gasteiger partial charge in [0.1, 0.15) is 5.82 Å². The minimum absolute atomic E-state index is 0.101. The number of nitrogens with zero attached hydrogens (tertiary/aromatic N) is 2. The van der Waals surface area contributed by atoms with Gasteiger partial charge in [0.25, 0.3) is 5.56 Å². The highest BCUT2D eigenvalue weighted by molar-refractivity contribution is 5.70. The van der Waals surface area contributed by atoms with E-state index < -0.39 is 0 Å². The van der Waals surface area contributed by atoms with Gasteiger partial charge in [0.05, 0.1) is 0 Å². The molecule has 0 amide bonds. The maximum absolute atomic E-state index is 11.6. The molecule has 2 heterocycles. The van der Waals surface area contributed by atoms with Gasteiger partial charge in [-0.3, -0.25) is 9.78 Å². The molecule has 2 aromatic heterocycles. The minimum Gasteiger partial charge on any atom is -0.369 e. The molecule has 1 aliphatic carbocycles. The fraction of sp³-hybridized carbons (Fsp3) is 0.364. The summed E-state index contributed by atoms with van der Waals surface area (Å²) in [5.41, 5.74) is 6.02. The third-order valence-corrected chi connectivity index (χ3v) is 3.05. The summed E-state index contributed by atoms with van der Waals surface area (Å²) in [5, 5.41) is 0. The first-order valence-electron chi connectivity index (χ1n) is 5.64. The van der Waals surface area contributed by atoms with Crippen molar-refractivity contribution in [2.75, 3.05) is 5.73 Å². The number of nitrogens with one attached hydrogen (secondary N) is 2. The largest absolute Gasteiger partial charge is 0.369 e. The molecule has 0 saturated heterocycles. The standard InChI is InChI=1S/C11H13N5O/c12-11-15-9-7(10(17)16-11)13-8(14-9)6-4-2-1-3-5-6/h1-2,6H,3-5H2,(H4,12,13,14,15,16,17). The number of imidazole rings is 1. The first-order chi connectivity index (χ1) is 8.24. The number of nitrogens with two attached hydrogens (primary N) is 1. The second-order valence-corrected chi connectivity index (χ2v) is 4.25. The van der Waals surface area contributed by atoms with Crippen LogP contribution in [0.2, 0.25) is 0 Å². The molecule has 1 atom stereocenters. The lowest BCUT2D eigenvalue weighted by Crippen LogP contribution is -2.11. The van der Waals surface area contributed by atoms with E-state index in [1.165, 1.54) is 0 Å². The Hall–Kier alpha value is -2.11. The molecular formula is C11H13N5O. The van der Waals surface area contributed by atoms with E-state index in [2.05, 4.69) is 32.1 Å². The molecule has 0 saturated carbocycles. The van der Waals surface area contributed by atoms with Crippen molar-refractivity contribution in [3.8, 4) is 0 Å². The summed E-state index contributed by atoms with van der Waals surface area (Å²) in [6, 6.07) is 0. The average molecular weight is 231 g/mol. The van der Waals surface area contributed by atoms with Gasteiger partial charge in [0.2, 0.25) is 5.95 Å². The highest BCUT2D eigenvalue weighted by atomic mass is 16.1. The third kappa shape index (κ3) is 1.71. The number of aromatic amines is 2. The first kappa shape index (κ1) is 10.1. The molecule has 0 radical (unpaired) electrons. The van der Waals surface area contributed by atoms with E-state index in [0.717, 1.165) is 25.1 Å². The average Bonchev–Trinajstić information content (AvgIpc) is 2.74. The Kier molecular flexibility index (Phi) is 2.21. The highest BCUT2D eigenvalue weighted by Gasteiger charge is 2.18. The molecule has 17 heavy (non-hydrogen) atoms. The highest BCUT2D eigenvalue weighted by Crippen LogP contribution is 2.27. The topological polar surface area (TPSA) is 100 Å². The molecule has 88 valence electrons. The maximum atomic E-state index is 11.6. The molecule has 0 fully saturated rings. The molecule has 0 aliphatic heterocycles. The van der Waals surface area contributed by atoms with Crippen LogP contribution >= 0.6 is 0 Å². The van der Waals surface area contributed by atoms with Gasteiger partial charge in [0, 0.05) is 5.92 Å². The molecule has 0 bridgehead atoms. The normalized spacial score (nSPS) is 19.9. The lowest BCUT2D eigenvalue weighted by molar-refractivity contribution is 0.590. The fourth-order valence-electron chi connectivity index (χ4n) is 2.18. The number of hydrogen-bond acceptors (Lipinski definition) is 4. The monoisotopic (exact) mass is 231 g/mol. The number of H-pyrrole nitrogens is 2. The fourth-order valence-corrected chi connectivity index (χ4v) is 2.18. The van der Waals surface area contributed by atoms with Gasteiger partial charge in [0.15, 0.2) is 11.2 Å². The number of allylic oxidation sites excluding steroid dienone is 2. The Morgan fingerprint density at radius 1 is 1.29 bits per heavy atom. The van der Waals surface area contributed by atoms with Crippen LogP contribution in [0.5, 0.6) is 0 Å². The summed E-state index contributed by atoms with van der Waals surface area (Å²) < 4.78 is 0. The Labute approximate surface area is 97.0 Å². The first-order valence-corrected chi connectivity index (χ1v) is 5.64.